The zero-order valence-corrected chi connectivity index (χ0v) is 12.2. The normalized spacial score (nSPS) is 16.1. The molecule has 1 saturated heterocycles. The molecule has 1 fully saturated rings. The average Bonchev–Trinajstić information content (AvgIpc) is 2.53. The number of rotatable bonds is 3. The quantitative estimate of drug-likeness (QED) is 0.849. The molecule has 21 heavy (non-hydrogen) atoms. The maximum Gasteiger partial charge on any atom is 0.0580 e. The summed E-state index contributed by atoms with van der Waals surface area (Å²) in [4.78, 5) is 6.51. The molecule has 0 unspecified atom stereocenters. The molecule has 1 aromatic heterocycles. The summed E-state index contributed by atoms with van der Waals surface area (Å²) >= 11 is 0. The standard InChI is InChI=1S/C17H22N4/c18-16-3-1-2-14(17(16)19)12-13-6-10-21(11-7-13)15-4-8-20-9-5-15/h1-5,8-9,13H,6-7,10-12,18-19H2. The van der Waals surface area contributed by atoms with E-state index in [1.54, 1.807) is 0 Å². The van der Waals surface area contributed by atoms with Gasteiger partial charge in [0, 0.05) is 31.2 Å². The van der Waals surface area contributed by atoms with Gasteiger partial charge in [0.2, 0.25) is 0 Å². The second-order valence-corrected chi connectivity index (χ2v) is 5.76. The molecule has 0 aliphatic carbocycles. The second-order valence-electron chi connectivity index (χ2n) is 5.76. The zero-order valence-electron chi connectivity index (χ0n) is 12.2. The molecule has 1 aromatic carbocycles. The van der Waals surface area contributed by atoms with Crippen LogP contribution in [-0.2, 0) is 6.42 Å². The topological polar surface area (TPSA) is 68.2 Å². The Balaban J connectivity index is 1.60. The van der Waals surface area contributed by atoms with E-state index in [0.717, 1.165) is 25.2 Å². The van der Waals surface area contributed by atoms with Crippen molar-refractivity contribution in [3.63, 3.8) is 0 Å². The fraction of sp³-hybridized carbons (Fsp3) is 0.353. The second kappa shape index (κ2) is 6.04. The Kier molecular flexibility index (Phi) is 3.95. The molecule has 1 aliphatic heterocycles. The molecule has 3 rings (SSSR count). The average molecular weight is 282 g/mol. The zero-order chi connectivity index (χ0) is 14.7. The number of aromatic nitrogens is 1. The van der Waals surface area contributed by atoms with Crippen LogP contribution < -0.4 is 16.4 Å². The summed E-state index contributed by atoms with van der Waals surface area (Å²) in [7, 11) is 0. The predicted molar refractivity (Wildman–Crippen MR) is 88.1 cm³/mol. The van der Waals surface area contributed by atoms with Crippen LogP contribution in [0.5, 0.6) is 0 Å². The van der Waals surface area contributed by atoms with Crippen LogP contribution in [0.4, 0.5) is 17.1 Å². The van der Waals surface area contributed by atoms with Crippen molar-refractivity contribution in [1.82, 2.24) is 4.98 Å². The summed E-state index contributed by atoms with van der Waals surface area (Å²) < 4.78 is 0. The van der Waals surface area contributed by atoms with Crippen LogP contribution in [0.1, 0.15) is 18.4 Å². The van der Waals surface area contributed by atoms with Crippen LogP contribution >= 0.6 is 0 Å². The third-order valence-electron chi connectivity index (χ3n) is 4.38. The smallest absolute Gasteiger partial charge is 0.0580 e. The molecule has 0 radical (unpaired) electrons. The van der Waals surface area contributed by atoms with Crippen LogP contribution in [0.3, 0.4) is 0 Å². The van der Waals surface area contributed by atoms with Gasteiger partial charge in [0.05, 0.1) is 11.4 Å². The lowest BCUT2D eigenvalue weighted by Crippen LogP contribution is -2.34. The molecule has 1 aliphatic rings. The van der Waals surface area contributed by atoms with Gasteiger partial charge >= 0.3 is 0 Å². The van der Waals surface area contributed by atoms with Gasteiger partial charge in [-0.3, -0.25) is 4.98 Å². The molecular weight excluding hydrogens is 260 g/mol. The highest BCUT2D eigenvalue weighted by Gasteiger charge is 2.20. The summed E-state index contributed by atoms with van der Waals surface area (Å²) in [6.07, 6.45) is 7.12. The van der Waals surface area contributed by atoms with Gasteiger partial charge in [0.15, 0.2) is 0 Å². The number of hydrogen-bond acceptors (Lipinski definition) is 4. The lowest BCUT2D eigenvalue weighted by atomic mass is 9.89. The Bertz CT molecular complexity index is 589. The van der Waals surface area contributed by atoms with Crippen molar-refractivity contribution >= 4 is 17.1 Å². The minimum atomic E-state index is 0.687. The molecule has 0 bridgehead atoms. The van der Waals surface area contributed by atoms with Crippen molar-refractivity contribution in [2.45, 2.75) is 19.3 Å². The Morgan fingerprint density at radius 3 is 2.48 bits per heavy atom. The summed E-state index contributed by atoms with van der Waals surface area (Å²) in [6, 6.07) is 10.1. The number of pyridine rings is 1. The van der Waals surface area contributed by atoms with Crippen LogP contribution in [0.2, 0.25) is 0 Å². The van der Waals surface area contributed by atoms with Gasteiger partial charge < -0.3 is 16.4 Å². The number of nitrogen functional groups attached to an aromatic ring is 2. The van der Waals surface area contributed by atoms with Crippen LogP contribution in [0.25, 0.3) is 0 Å². The Morgan fingerprint density at radius 2 is 1.76 bits per heavy atom. The molecule has 2 heterocycles. The fourth-order valence-corrected chi connectivity index (χ4v) is 3.07. The first-order chi connectivity index (χ1) is 10.2. The summed E-state index contributed by atoms with van der Waals surface area (Å²) in [6.45, 7) is 2.19. The number of piperidine rings is 1. The van der Waals surface area contributed by atoms with E-state index in [2.05, 4.69) is 28.1 Å². The van der Waals surface area contributed by atoms with Gasteiger partial charge in [0.1, 0.15) is 0 Å². The molecule has 110 valence electrons. The molecule has 2 aromatic rings. The molecule has 0 spiro atoms. The van der Waals surface area contributed by atoms with E-state index in [1.807, 2.05) is 24.5 Å². The van der Waals surface area contributed by atoms with Gasteiger partial charge in [-0.15, -0.1) is 0 Å². The molecule has 4 N–H and O–H groups in total. The van der Waals surface area contributed by atoms with Crippen molar-refractivity contribution in [3.8, 4) is 0 Å². The fourth-order valence-electron chi connectivity index (χ4n) is 3.07. The maximum absolute atomic E-state index is 6.08. The minimum Gasteiger partial charge on any atom is -0.397 e. The first-order valence-electron chi connectivity index (χ1n) is 7.52. The molecule has 0 atom stereocenters. The predicted octanol–water partition coefficient (Wildman–Crippen LogP) is 2.71. The Morgan fingerprint density at radius 1 is 1.05 bits per heavy atom. The van der Waals surface area contributed by atoms with Crippen molar-refractivity contribution in [3.05, 3.63) is 48.3 Å². The number of hydrogen-bond donors (Lipinski definition) is 2. The van der Waals surface area contributed by atoms with E-state index in [9.17, 15) is 0 Å². The van der Waals surface area contributed by atoms with E-state index in [1.165, 1.54) is 24.1 Å². The lowest BCUT2D eigenvalue weighted by Gasteiger charge is -2.33. The first-order valence-corrected chi connectivity index (χ1v) is 7.52. The van der Waals surface area contributed by atoms with Gasteiger partial charge in [-0.05, 0) is 48.9 Å². The highest BCUT2D eigenvalue weighted by atomic mass is 15.1. The van der Waals surface area contributed by atoms with E-state index >= 15 is 0 Å². The SMILES string of the molecule is Nc1cccc(CC2CCN(c3ccncc3)CC2)c1N. The number of nitrogens with zero attached hydrogens (tertiary/aromatic N) is 2. The number of para-hydroxylation sites is 1. The number of benzene rings is 1. The summed E-state index contributed by atoms with van der Waals surface area (Å²) in [5.74, 6) is 0.687. The van der Waals surface area contributed by atoms with Gasteiger partial charge in [-0.2, -0.15) is 0 Å². The van der Waals surface area contributed by atoms with E-state index in [-0.39, 0.29) is 0 Å². The Hall–Kier alpha value is -2.23. The number of anilines is 3. The van der Waals surface area contributed by atoms with E-state index < -0.39 is 0 Å². The van der Waals surface area contributed by atoms with E-state index in [0.29, 0.717) is 11.6 Å². The number of nitrogens with two attached hydrogens (primary N) is 2. The maximum atomic E-state index is 6.08. The van der Waals surface area contributed by atoms with E-state index in [4.69, 9.17) is 11.5 Å². The van der Waals surface area contributed by atoms with Gasteiger partial charge in [0.25, 0.3) is 0 Å². The molecular formula is C17H22N4. The molecule has 4 heteroatoms. The van der Waals surface area contributed by atoms with Crippen molar-refractivity contribution in [1.29, 1.82) is 0 Å². The lowest BCUT2D eigenvalue weighted by molar-refractivity contribution is 0.404. The van der Waals surface area contributed by atoms with Crippen molar-refractivity contribution in [2.24, 2.45) is 5.92 Å². The van der Waals surface area contributed by atoms with Crippen LogP contribution in [-0.4, -0.2) is 18.1 Å². The summed E-state index contributed by atoms with van der Waals surface area (Å²) in [5, 5.41) is 0. The van der Waals surface area contributed by atoms with Gasteiger partial charge in [-0.25, -0.2) is 0 Å². The first kappa shape index (κ1) is 13.7. The van der Waals surface area contributed by atoms with Gasteiger partial charge in [-0.1, -0.05) is 12.1 Å². The molecule has 4 nitrogen and oxygen atoms in total. The third-order valence-corrected chi connectivity index (χ3v) is 4.38. The third kappa shape index (κ3) is 3.10. The minimum absolute atomic E-state index is 0.687. The largest absolute Gasteiger partial charge is 0.397 e. The Labute approximate surface area is 125 Å². The van der Waals surface area contributed by atoms with Crippen LogP contribution in [0.15, 0.2) is 42.7 Å². The molecule has 0 amide bonds. The van der Waals surface area contributed by atoms with Crippen molar-refractivity contribution < 1.29 is 0 Å². The van der Waals surface area contributed by atoms with Crippen LogP contribution in [0, 0.1) is 5.92 Å². The highest BCUT2D eigenvalue weighted by molar-refractivity contribution is 5.67. The van der Waals surface area contributed by atoms with Crippen molar-refractivity contribution in [2.75, 3.05) is 29.5 Å². The monoisotopic (exact) mass is 282 g/mol. The molecule has 0 saturated carbocycles. The summed E-state index contributed by atoms with van der Waals surface area (Å²) in [5.41, 5.74) is 15.9. The highest BCUT2D eigenvalue weighted by Crippen LogP contribution is 2.28.